The number of aliphatic hydroxyl groups is 1. The van der Waals surface area contributed by atoms with E-state index in [9.17, 15) is 32.7 Å². The van der Waals surface area contributed by atoms with Gasteiger partial charge in [0, 0.05) is 42.1 Å². The number of rotatable bonds is 8. The van der Waals surface area contributed by atoms with Gasteiger partial charge in [-0.05, 0) is 73.7 Å². The van der Waals surface area contributed by atoms with Crippen LogP contribution in [-0.2, 0) is 17.4 Å². The van der Waals surface area contributed by atoms with Gasteiger partial charge in [0.05, 0.1) is 38.3 Å². The number of aliphatic hydroxyl groups excluding tert-OH is 1. The monoisotopic (exact) mass is 657 g/mol. The molecule has 1 heterocycles. The standard InChI is InChI=1S/C33H38F3N5O6/c1-20-17-41(21(2)19-42)30(43)16-22-15-26(38-31(44)37-24-7-5-23(6-8-24)33(34,35)36)11-14-28(22)47-29(20)18-40(3)32(45)39-25-9-12-27(46-4)13-10-25/h5-15,20-21,29,42H,16-19H2,1-4H3,(H,39,45)(H2,37,38,44)/t20-,21-,29+/m0/s1. The highest BCUT2D eigenvalue weighted by atomic mass is 19.4. The Bertz CT molecular complexity index is 1550. The zero-order chi connectivity index (χ0) is 34.3. The van der Waals surface area contributed by atoms with Crippen LogP contribution in [0, 0.1) is 5.92 Å². The summed E-state index contributed by atoms with van der Waals surface area (Å²) < 4.78 is 50.2. The lowest BCUT2D eigenvalue weighted by atomic mass is 10.0. The molecular formula is C33H38F3N5O6. The number of methoxy groups -OCH3 is 1. The maximum atomic E-state index is 13.5. The van der Waals surface area contributed by atoms with Gasteiger partial charge in [0.2, 0.25) is 5.91 Å². The molecule has 11 nitrogen and oxygen atoms in total. The molecule has 0 aromatic heterocycles. The van der Waals surface area contributed by atoms with Crippen LogP contribution in [0.5, 0.6) is 11.5 Å². The normalized spacial score (nSPS) is 17.2. The fourth-order valence-corrected chi connectivity index (χ4v) is 5.01. The summed E-state index contributed by atoms with van der Waals surface area (Å²) in [6.45, 7) is 3.79. The fraction of sp³-hybridized carbons (Fsp3) is 0.364. The number of hydrogen-bond acceptors (Lipinski definition) is 6. The summed E-state index contributed by atoms with van der Waals surface area (Å²) in [7, 11) is 3.18. The fourth-order valence-electron chi connectivity index (χ4n) is 5.01. The van der Waals surface area contributed by atoms with Crippen molar-refractivity contribution in [2.45, 2.75) is 38.6 Å². The molecule has 4 N–H and O–H groups in total. The van der Waals surface area contributed by atoms with Gasteiger partial charge in [0.1, 0.15) is 17.6 Å². The molecule has 1 aliphatic heterocycles. The van der Waals surface area contributed by atoms with E-state index in [2.05, 4.69) is 16.0 Å². The zero-order valence-corrected chi connectivity index (χ0v) is 26.4. The largest absolute Gasteiger partial charge is 0.497 e. The minimum absolute atomic E-state index is 0.0943. The lowest BCUT2D eigenvalue weighted by Gasteiger charge is -2.34. The molecule has 0 aliphatic carbocycles. The number of likely N-dealkylation sites (N-methyl/N-ethyl adjacent to an activating group) is 1. The predicted octanol–water partition coefficient (Wildman–Crippen LogP) is 5.67. The first-order valence-corrected chi connectivity index (χ1v) is 14.9. The Labute approximate surface area is 270 Å². The molecule has 4 rings (SSSR count). The highest BCUT2D eigenvalue weighted by Crippen LogP contribution is 2.31. The van der Waals surface area contributed by atoms with Gasteiger partial charge in [-0.2, -0.15) is 13.2 Å². The number of nitrogens with zero attached hydrogens (tertiary/aromatic N) is 2. The molecule has 47 heavy (non-hydrogen) atoms. The average molecular weight is 658 g/mol. The maximum Gasteiger partial charge on any atom is 0.416 e. The van der Waals surface area contributed by atoms with Gasteiger partial charge in [-0.1, -0.05) is 6.92 Å². The molecule has 3 atom stereocenters. The smallest absolute Gasteiger partial charge is 0.416 e. The van der Waals surface area contributed by atoms with Crippen molar-refractivity contribution in [3.05, 3.63) is 77.9 Å². The molecule has 252 valence electrons. The third-order valence-electron chi connectivity index (χ3n) is 7.79. The zero-order valence-electron chi connectivity index (χ0n) is 26.4. The second kappa shape index (κ2) is 15.1. The molecule has 0 fully saturated rings. The third kappa shape index (κ3) is 9.28. The summed E-state index contributed by atoms with van der Waals surface area (Å²) in [6, 6.07) is 14.1. The van der Waals surface area contributed by atoms with E-state index in [0.29, 0.717) is 28.4 Å². The Morgan fingerprint density at radius 1 is 1.02 bits per heavy atom. The first-order chi connectivity index (χ1) is 22.3. The van der Waals surface area contributed by atoms with Crippen LogP contribution >= 0.6 is 0 Å². The minimum atomic E-state index is -4.50. The Hall–Kier alpha value is -4.98. The van der Waals surface area contributed by atoms with Crippen LogP contribution in [0.3, 0.4) is 0 Å². The highest BCUT2D eigenvalue weighted by molar-refractivity contribution is 6.00. The molecule has 0 saturated carbocycles. The van der Waals surface area contributed by atoms with Crippen LogP contribution in [-0.4, -0.2) is 78.9 Å². The lowest BCUT2D eigenvalue weighted by Crippen LogP contribution is -2.48. The molecule has 0 spiro atoms. The average Bonchev–Trinajstić information content (AvgIpc) is 3.08. The second-order valence-corrected chi connectivity index (χ2v) is 11.4. The van der Waals surface area contributed by atoms with Gasteiger partial charge >= 0.3 is 18.2 Å². The van der Waals surface area contributed by atoms with Crippen molar-refractivity contribution < 1.29 is 42.1 Å². The van der Waals surface area contributed by atoms with Crippen molar-refractivity contribution in [1.82, 2.24) is 9.80 Å². The summed E-state index contributed by atoms with van der Waals surface area (Å²) in [4.78, 5) is 42.3. The summed E-state index contributed by atoms with van der Waals surface area (Å²) in [5, 5.41) is 17.8. The van der Waals surface area contributed by atoms with Gasteiger partial charge in [0.15, 0.2) is 0 Å². The Morgan fingerprint density at radius 3 is 2.23 bits per heavy atom. The maximum absolute atomic E-state index is 13.5. The van der Waals surface area contributed by atoms with Gasteiger partial charge in [-0.15, -0.1) is 0 Å². The van der Waals surface area contributed by atoms with Crippen molar-refractivity contribution in [2.24, 2.45) is 5.92 Å². The lowest BCUT2D eigenvalue weighted by molar-refractivity contribution is -0.137. The number of nitrogens with one attached hydrogen (secondary N) is 3. The van der Waals surface area contributed by atoms with E-state index in [1.807, 2.05) is 6.92 Å². The Kier molecular flexibility index (Phi) is 11.2. The van der Waals surface area contributed by atoms with E-state index in [0.717, 1.165) is 24.3 Å². The molecule has 0 radical (unpaired) electrons. The van der Waals surface area contributed by atoms with E-state index < -0.39 is 29.9 Å². The van der Waals surface area contributed by atoms with E-state index in [1.54, 1.807) is 68.4 Å². The van der Waals surface area contributed by atoms with Gasteiger partial charge < -0.3 is 40.3 Å². The van der Waals surface area contributed by atoms with Crippen LogP contribution < -0.4 is 25.4 Å². The van der Waals surface area contributed by atoms with Crippen molar-refractivity contribution >= 4 is 35.0 Å². The van der Waals surface area contributed by atoms with E-state index in [1.165, 1.54) is 4.90 Å². The van der Waals surface area contributed by atoms with Crippen molar-refractivity contribution in [2.75, 3.05) is 49.8 Å². The molecule has 0 saturated heterocycles. The van der Waals surface area contributed by atoms with E-state index in [4.69, 9.17) is 9.47 Å². The number of fused-ring (bicyclic) bond motifs is 1. The SMILES string of the molecule is COc1ccc(NC(=O)N(C)C[C@H]2Oc3ccc(NC(=O)Nc4ccc(C(F)(F)F)cc4)cc3CC(=O)N([C@@H](C)CO)C[C@@H]2C)cc1. The molecule has 1 aliphatic rings. The van der Waals surface area contributed by atoms with Crippen molar-refractivity contribution in [1.29, 1.82) is 0 Å². The van der Waals surface area contributed by atoms with Crippen LogP contribution in [0.4, 0.5) is 39.8 Å². The number of hydrogen-bond donors (Lipinski definition) is 4. The Balaban J connectivity index is 1.52. The number of anilines is 3. The quantitative estimate of drug-likeness (QED) is 0.247. The number of halogens is 3. The summed E-state index contributed by atoms with van der Waals surface area (Å²) in [6.07, 6.45) is -5.16. The number of carbonyl (C=O) groups excluding carboxylic acids is 3. The molecule has 3 aromatic rings. The molecule has 3 aromatic carbocycles. The Morgan fingerprint density at radius 2 is 1.62 bits per heavy atom. The van der Waals surface area contributed by atoms with Crippen molar-refractivity contribution in [3.63, 3.8) is 0 Å². The van der Waals surface area contributed by atoms with Crippen LogP contribution in [0.25, 0.3) is 0 Å². The molecule has 0 bridgehead atoms. The number of carbonyl (C=O) groups is 3. The molecule has 5 amide bonds. The van der Waals surface area contributed by atoms with Crippen LogP contribution in [0.2, 0.25) is 0 Å². The van der Waals surface area contributed by atoms with Crippen molar-refractivity contribution in [3.8, 4) is 11.5 Å². The minimum Gasteiger partial charge on any atom is -0.497 e. The summed E-state index contributed by atoms with van der Waals surface area (Å²) in [5.41, 5.74) is 0.662. The number of alkyl halides is 3. The summed E-state index contributed by atoms with van der Waals surface area (Å²) >= 11 is 0. The van der Waals surface area contributed by atoms with Crippen LogP contribution in [0.15, 0.2) is 66.7 Å². The van der Waals surface area contributed by atoms with Gasteiger partial charge in [-0.3, -0.25) is 4.79 Å². The number of amides is 5. The predicted molar refractivity (Wildman–Crippen MR) is 171 cm³/mol. The van der Waals surface area contributed by atoms with E-state index in [-0.39, 0.29) is 49.7 Å². The third-order valence-corrected chi connectivity index (χ3v) is 7.79. The van der Waals surface area contributed by atoms with Gasteiger partial charge in [-0.25, -0.2) is 9.59 Å². The molecular weight excluding hydrogens is 619 g/mol. The topological polar surface area (TPSA) is 132 Å². The number of urea groups is 2. The number of benzene rings is 3. The highest BCUT2D eigenvalue weighted by Gasteiger charge is 2.32. The first kappa shape index (κ1) is 34.9. The second-order valence-electron chi connectivity index (χ2n) is 11.4. The van der Waals surface area contributed by atoms with Gasteiger partial charge in [0.25, 0.3) is 0 Å². The summed E-state index contributed by atoms with van der Waals surface area (Å²) in [5.74, 6) is 0.506. The van der Waals surface area contributed by atoms with Crippen LogP contribution in [0.1, 0.15) is 25.0 Å². The number of ether oxygens (including phenoxy) is 2. The van der Waals surface area contributed by atoms with E-state index >= 15 is 0 Å². The first-order valence-electron chi connectivity index (χ1n) is 14.9. The molecule has 14 heteroatoms. The molecule has 0 unspecified atom stereocenters.